The van der Waals surface area contributed by atoms with Gasteiger partial charge in [0.1, 0.15) is 17.7 Å². The van der Waals surface area contributed by atoms with Crippen LogP contribution in [0.1, 0.15) is 50.5 Å². The van der Waals surface area contributed by atoms with E-state index < -0.39 is 0 Å². The molecule has 0 atom stereocenters. The van der Waals surface area contributed by atoms with Crippen molar-refractivity contribution in [2.45, 2.75) is 51.0 Å². The molecule has 0 aliphatic heterocycles. The third-order valence-corrected chi connectivity index (χ3v) is 7.13. The van der Waals surface area contributed by atoms with Gasteiger partial charge >= 0.3 is 5.97 Å². The Morgan fingerprint density at radius 2 is 1.71 bits per heavy atom. The van der Waals surface area contributed by atoms with Crippen molar-refractivity contribution in [3.63, 3.8) is 0 Å². The van der Waals surface area contributed by atoms with Gasteiger partial charge < -0.3 is 9.72 Å². The first-order valence-corrected chi connectivity index (χ1v) is 12.5. The maximum Gasteiger partial charge on any atom is 0.305 e. The highest BCUT2D eigenvalue weighted by Gasteiger charge is 2.26. The number of nitrogens with zero attached hydrogens (tertiary/aromatic N) is 1. The molecule has 4 aromatic rings. The molecule has 1 aliphatic carbocycles. The van der Waals surface area contributed by atoms with Gasteiger partial charge in [0.15, 0.2) is 0 Å². The van der Waals surface area contributed by atoms with Gasteiger partial charge in [0.2, 0.25) is 0 Å². The van der Waals surface area contributed by atoms with E-state index in [1.54, 1.807) is 13.0 Å². The summed E-state index contributed by atoms with van der Waals surface area (Å²) in [4.78, 5) is 19.5. The molecule has 0 unspecified atom stereocenters. The first kappa shape index (κ1) is 22.8. The zero-order valence-electron chi connectivity index (χ0n) is 19.0. The van der Waals surface area contributed by atoms with E-state index in [-0.39, 0.29) is 23.8 Å². The van der Waals surface area contributed by atoms with Gasteiger partial charge in [-0.05, 0) is 72.6 Å². The lowest BCUT2D eigenvalue weighted by molar-refractivity contribution is -0.150. The third kappa shape index (κ3) is 4.78. The molecule has 3 aromatic carbocycles. The number of H-pyrrole nitrogens is 1. The van der Waals surface area contributed by atoms with Gasteiger partial charge in [0.05, 0.1) is 11.0 Å². The predicted molar refractivity (Wildman–Crippen MR) is 136 cm³/mol. The molecule has 0 bridgehead atoms. The second-order valence-corrected chi connectivity index (χ2v) is 9.79. The number of halogens is 2. The topological polar surface area (TPSA) is 55.0 Å². The summed E-state index contributed by atoms with van der Waals surface area (Å²) in [6.45, 7) is 1.80. The van der Waals surface area contributed by atoms with Crippen LogP contribution in [-0.2, 0) is 9.53 Å². The first-order chi connectivity index (χ1) is 16.5. The minimum atomic E-state index is -0.168. The number of benzene rings is 3. The largest absolute Gasteiger partial charge is 0.462 e. The predicted octanol–water partition coefficient (Wildman–Crippen LogP) is 7.78. The van der Waals surface area contributed by atoms with Crippen molar-refractivity contribution in [1.29, 1.82) is 0 Å². The Morgan fingerprint density at radius 1 is 1.00 bits per heavy atom. The standard InChI is InChI=1S/C28H26BrFN2O2/c1-2-27(33)34-22-11-7-18(8-12-22)23-13-9-20(15-24(23)30)17-3-5-19(6-4-17)28-31-25-14-10-21(29)16-26(25)32-28/h3-6,9-10,13-16,18,22H,2,7-8,11-12H2,1H3,(H,31,32). The number of rotatable bonds is 5. The van der Waals surface area contributed by atoms with Crippen LogP contribution < -0.4 is 0 Å². The highest BCUT2D eigenvalue weighted by atomic mass is 79.9. The van der Waals surface area contributed by atoms with Crippen LogP contribution in [-0.4, -0.2) is 22.0 Å². The van der Waals surface area contributed by atoms with Crippen molar-refractivity contribution in [2.24, 2.45) is 0 Å². The number of hydrogen-bond donors (Lipinski definition) is 1. The van der Waals surface area contributed by atoms with Gasteiger partial charge in [-0.15, -0.1) is 0 Å². The van der Waals surface area contributed by atoms with Gasteiger partial charge in [-0.1, -0.05) is 59.3 Å². The molecule has 4 nitrogen and oxygen atoms in total. The fraction of sp³-hybridized carbons (Fsp3) is 0.286. The van der Waals surface area contributed by atoms with Gasteiger partial charge in [-0.2, -0.15) is 0 Å². The van der Waals surface area contributed by atoms with Crippen molar-refractivity contribution in [3.05, 3.63) is 76.5 Å². The lowest BCUT2D eigenvalue weighted by Gasteiger charge is -2.28. The van der Waals surface area contributed by atoms with Crippen LogP contribution in [0.25, 0.3) is 33.5 Å². The van der Waals surface area contributed by atoms with Gasteiger partial charge in [0.25, 0.3) is 0 Å². The molecular weight excluding hydrogens is 495 g/mol. The molecular formula is C28H26BrFN2O2. The number of aromatic amines is 1. The molecule has 1 heterocycles. The summed E-state index contributed by atoms with van der Waals surface area (Å²) in [5, 5.41) is 0. The summed E-state index contributed by atoms with van der Waals surface area (Å²) >= 11 is 3.49. The molecule has 0 radical (unpaired) electrons. The number of imidazole rings is 1. The van der Waals surface area contributed by atoms with Crippen LogP contribution >= 0.6 is 15.9 Å². The molecule has 0 spiro atoms. The Labute approximate surface area is 206 Å². The summed E-state index contributed by atoms with van der Waals surface area (Å²) in [6, 6.07) is 19.5. The van der Waals surface area contributed by atoms with Crippen LogP contribution in [0, 0.1) is 5.82 Å². The van der Waals surface area contributed by atoms with E-state index in [9.17, 15) is 4.79 Å². The monoisotopic (exact) mass is 520 g/mol. The van der Waals surface area contributed by atoms with E-state index in [1.807, 2.05) is 54.6 Å². The van der Waals surface area contributed by atoms with Crippen molar-refractivity contribution >= 4 is 32.9 Å². The highest BCUT2D eigenvalue weighted by Crippen LogP contribution is 2.37. The minimum Gasteiger partial charge on any atom is -0.462 e. The van der Waals surface area contributed by atoms with Crippen LogP contribution in [0.3, 0.4) is 0 Å². The third-order valence-electron chi connectivity index (χ3n) is 6.64. The van der Waals surface area contributed by atoms with E-state index in [4.69, 9.17) is 4.74 Å². The molecule has 174 valence electrons. The summed E-state index contributed by atoms with van der Waals surface area (Å²) < 4.78 is 21.5. The average Bonchev–Trinajstić information content (AvgIpc) is 3.28. The molecule has 1 fully saturated rings. The fourth-order valence-electron chi connectivity index (χ4n) is 4.74. The first-order valence-electron chi connectivity index (χ1n) is 11.7. The van der Waals surface area contributed by atoms with E-state index in [2.05, 4.69) is 25.9 Å². The molecule has 1 saturated carbocycles. The maximum atomic E-state index is 15.1. The van der Waals surface area contributed by atoms with Crippen molar-refractivity contribution in [2.75, 3.05) is 0 Å². The van der Waals surface area contributed by atoms with Gasteiger partial charge in [0, 0.05) is 16.5 Å². The van der Waals surface area contributed by atoms with Crippen LogP contribution in [0.15, 0.2) is 65.1 Å². The van der Waals surface area contributed by atoms with E-state index >= 15 is 4.39 Å². The molecule has 6 heteroatoms. The number of ether oxygens (including phenoxy) is 1. The highest BCUT2D eigenvalue weighted by molar-refractivity contribution is 9.10. The quantitative estimate of drug-likeness (QED) is 0.273. The van der Waals surface area contributed by atoms with Crippen molar-refractivity contribution in [1.82, 2.24) is 9.97 Å². The summed E-state index contributed by atoms with van der Waals surface area (Å²) in [5.74, 6) is 0.652. The Morgan fingerprint density at radius 3 is 2.41 bits per heavy atom. The Hall–Kier alpha value is -2.99. The number of esters is 1. The summed E-state index contributed by atoms with van der Waals surface area (Å²) in [5.41, 5.74) is 5.44. The van der Waals surface area contributed by atoms with E-state index in [0.29, 0.717) is 6.42 Å². The average molecular weight is 521 g/mol. The molecule has 0 saturated heterocycles. The van der Waals surface area contributed by atoms with Crippen molar-refractivity contribution in [3.8, 4) is 22.5 Å². The number of hydrogen-bond acceptors (Lipinski definition) is 3. The number of nitrogens with one attached hydrogen (secondary N) is 1. The Balaban J connectivity index is 1.29. The summed E-state index contributed by atoms with van der Waals surface area (Å²) in [7, 11) is 0. The van der Waals surface area contributed by atoms with Crippen LogP contribution in [0.5, 0.6) is 0 Å². The second kappa shape index (κ2) is 9.71. The zero-order valence-corrected chi connectivity index (χ0v) is 20.6. The minimum absolute atomic E-state index is 0.0298. The Bertz CT molecular complexity index is 1320. The maximum absolute atomic E-state index is 15.1. The van der Waals surface area contributed by atoms with E-state index in [0.717, 1.165) is 69.3 Å². The van der Waals surface area contributed by atoms with Crippen LogP contribution in [0.4, 0.5) is 4.39 Å². The Kier molecular flexibility index (Phi) is 6.50. The number of carbonyl (C=O) groups is 1. The number of aromatic nitrogens is 2. The fourth-order valence-corrected chi connectivity index (χ4v) is 5.10. The van der Waals surface area contributed by atoms with Gasteiger partial charge in [-0.25, -0.2) is 9.37 Å². The molecule has 34 heavy (non-hydrogen) atoms. The van der Waals surface area contributed by atoms with Gasteiger partial charge in [-0.3, -0.25) is 4.79 Å². The number of fused-ring (bicyclic) bond motifs is 1. The van der Waals surface area contributed by atoms with E-state index in [1.165, 1.54) is 0 Å². The normalized spacial score (nSPS) is 18.2. The molecule has 1 aromatic heterocycles. The molecule has 0 amide bonds. The molecule has 1 N–H and O–H groups in total. The SMILES string of the molecule is CCC(=O)OC1CCC(c2ccc(-c3ccc(-c4nc5ccc(Br)cc5[nH]4)cc3)cc2F)CC1. The van der Waals surface area contributed by atoms with Crippen molar-refractivity contribution < 1.29 is 13.9 Å². The molecule has 5 rings (SSSR count). The van der Waals surface area contributed by atoms with Crippen LogP contribution in [0.2, 0.25) is 0 Å². The lowest BCUT2D eigenvalue weighted by Crippen LogP contribution is -2.23. The smallest absolute Gasteiger partial charge is 0.305 e. The molecule has 1 aliphatic rings. The lowest BCUT2D eigenvalue weighted by atomic mass is 9.82. The second-order valence-electron chi connectivity index (χ2n) is 8.88. The summed E-state index contributed by atoms with van der Waals surface area (Å²) in [6.07, 6.45) is 3.61. The number of carbonyl (C=O) groups excluding carboxylic acids is 1. The zero-order chi connectivity index (χ0) is 23.7.